The molecule has 20 heavy (non-hydrogen) atoms. The molecule has 0 amide bonds. The Morgan fingerprint density at radius 2 is 1.70 bits per heavy atom. The van der Waals surface area contributed by atoms with Crippen molar-refractivity contribution in [2.24, 2.45) is 11.7 Å². The lowest BCUT2D eigenvalue weighted by Gasteiger charge is -2.51. The van der Waals surface area contributed by atoms with Crippen LogP contribution in [-0.4, -0.2) is 54.1 Å². The molecule has 0 aromatic rings. The number of nitrogens with two attached hydrogens (primary N) is 1. The number of piperidine rings is 1. The summed E-state index contributed by atoms with van der Waals surface area (Å²) >= 11 is 0. The van der Waals surface area contributed by atoms with Crippen LogP contribution in [0.5, 0.6) is 0 Å². The van der Waals surface area contributed by atoms with Crippen LogP contribution >= 0.6 is 0 Å². The molecule has 2 heterocycles. The molecule has 0 spiro atoms. The number of likely N-dealkylation sites (N-methyl/N-ethyl adjacent to an activating group) is 1. The summed E-state index contributed by atoms with van der Waals surface area (Å²) < 4.78 is 0. The Kier molecular flexibility index (Phi) is 5.49. The summed E-state index contributed by atoms with van der Waals surface area (Å²) in [5.41, 5.74) is 6.58. The van der Waals surface area contributed by atoms with Crippen LogP contribution in [0.3, 0.4) is 0 Å². The third kappa shape index (κ3) is 2.90. The Morgan fingerprint density at radius 1 is 1.15 bits per heavy atom. The topological polar surface area (TPSA) is 32.5 Å². The lowest BCUT2D eigenvalue weighted by Crippen LogP contribution is -2.62. The van der Waals surface area contributed by atoms with Gasteiger partial charge in [-0.3, -0.25) is 4.90 Å². The molecule has 0 radical (unpaired) electrons. The van der Waals surface area contributed by atoms with Crippen molar-refractivity contribution in [2.75, 3.05) is 26.7 Å². The van der Waals surface area contributed by atoms with Crippen molar-refractivity contribution in [3.8, 4) is 0 Å². The molecule has 0 aromatic heterocycles. The van der Waals surface area contributed by atoms with Gasteiger partial charge in [0.15, 0.2) is 0 Å². The van der Waals surface area contributed by atoms with Gasteiger partial charge in [-0.05, 0) is 45.2 Å². The molecule has 2 aliphatic heterocycles. The van der Waals surface area contributed by atoms with Gasteiger partial charge in [-0.1, -0.05) is 33.6 Å². The molecule has 3 nitrogen and oxygen atoms in total. The van der Waals surface area contributed by atoms with Gasteiger partial charge < -0.3 is 10.6 Å². The van der Waals surface area contributed by atoms with Crippen molar-refractivity contribution in [3.63, 3.8) is 0 Å². The van der Waals surface area contributed by atoms with E-state index in [9.17, 15) is 0 Å². The minimum Gasteiger partial charge on any atom is -0.329 e. The largest absolute Gasteiger partial charge is 0.329 e. The third-order valence-corrected chi connectivity index (χ3v) is 6.28. The maximum atomic E-state index is 6.31. The second kappa shape index (κ2) is 6.76. The maximum absolute atomic E-state index is 6.31. The van der Waals surface area contributed by atoms with Crippen LogP contribution in [-0.2, 0) is 0 Å². The Bertz CT molecular complexity index is 287. The minimum atomic E-state index is 0.273. The molecule has 3 heteroatoms. The Hall–Kier alpha value is -0.120. The fraction of sp³-hybridized carbons (Fsp3) is 1.00. The van der Waals surface area contributed by atoms with Crippen LogP contribution in [0.15, 0.2) is 0 Å². The van der Waals surface area contributed by atoms with Gasteiger partial charge in [-0.2, -0.15) is 0 Å². The van der Waals surface area contributed by atoms with E-state index in [0.717, 1.165) is 31.1 Å². The average molecular weight is 281 g/mol. The van der Waals surface area contributed by atoms with Crippen molar-refractivity contribution >= 4 is 0 Å². The predicted octanol–water partition coefficient (Wildman–Crippen LogP) is 2.70. The van der Waals surface area contributed by atoms with Crippen LogP contribution in [0.2, 0.25) is 0 Å². The monoisotopic (exact) mass is 281 g/mol. The highest BCUT2D eigenvalue weighted by molar-refractivity contribution is 5.06. The highest BCUT2D eigenvalue weighted by Crippen LogP contribution is 2.42. The molecule has 0 saturated carbocycles. The lowest BCUT2D eigenvalue weighted by molar-refractivity contribution is -0.00522. The lowest BCUT2D eigenvalue weighted by atomic mass is 9.80. The van der Waals surface area contributed by atoms with Crippen LogP contribution < -0.4 is 5.73 Å². The highest BCUT2D eigenvalue weighted by Gasteiger charge is 2.48. The molecule has 2 unspecified atom stereocenters. The highest BCUT2D eigenvalue weighted by atomic mass is 15.3. The zero-order valence-corrected chi connectivity index (χ0v) is 14.1. The molecule has 2 bridgehead atoms. The molecular weight excluding hydrogens is 246 g/mol. The summed E-state index contributed by atoms with van der Waals surface area (Å²) in [5.74, 6) is 0.829. The predicted molar refractivity (Wildman–Crippen MR) is 86.9 cm³/mol. The molecule has 2 fully saturated rings. The van der Waals surface area contributed by atoms with Crippen molar-refractivity contribution in [1.82, 2.24) is 9.80 Å². The van der Waals surface area contributed by atoms with E-state index in [1.807, 2.05) is 0 Å². The summed E-state index contributed by atoms with van der Waals surface area (Å²) in [6.07, 6.45) is 7.91. The minimum absolute atomic E-state index is 0.273. The van der Waals surface area contributed by atoms with Crippen LogP contribution in [0.25, 0.3) is 0 Å². The molecule has 2 N–H and O–H groups in total. The fourth-order valence-corrected chi connectivity index (χ4v) is 4.61. The van der Waals surface area contributed by atoms with Gasteiger partial charge in [-0.15, -0.1) is 0 Å². The smallest absolute Gasteiger partial charge is 0.0361 e. The van der Waals surface area contributed by atoms with E-state index in [1.54, 1.807) is 0 Å². The third-order valence-electron chi connectivity index (χ3n) is 6.28. The number of hydrogen-bond acceptors (Lipinski definition) is 3. The quantitative estimate of drug-likeness (QED) is 0.779. The Balaban J connectivity index is 2.12. The van der Waals surface area contributed by atoms with E-state index < -0.39 is 0 Å². The summed E-state index contributed by atoms with van der Waals surface area (Å²) in [5, 5.41) is 0. The van der Waals surface area contributed by atoms with Crippen LogP contribution in [0.4, 0.5) is 0 Å². The van der Waals surface area contributed by atoms with E-state index in [0.29, 0.717) is 0 Å². The van der Waals surface area contributed by atoms with E-state index >= 15 is 0 Å². The van der Waals surface area contributed by atoms with Gasteiger partial charge in [0.25, 0.3) is 0 Å². The van der Waals surface area contributed by atoms with Crippen LogP contribution in [0, 0.1) is 5.92 Å². The molecule has 0 aliphatic carbocycles. The second-order valence-corrected chi connectivity index (χ2v) is 7.11. The van der Waals surface area contributed by atoms with Gasteiger partial charge in [0.05, 0.1) is 0 Å². The zero-order chi connectivity index (χ0) is 14.8. The van der Waals surface area contributed by atoms with Gasteiger partial charge in [0.1, 0.15) is 0 Å². The van der Waals surface area contributed by atoms with Gasteiger partial charge in [-0.25, -0.2) is 0 Å². The summed E-state index contributed by atoms with van der Waals surface area (Å²) in [7, 11) is 2.32. The van der Waals surface area contributed by atoms with Crippen LogP contribution in [0.1, 0.15) is 59.3 Å². The van der Waals surface area contributed by atoms with Crippen molar-refractivity contribution in [1.29, 1.82) is 0 Å². The average Bonchev–Trinajstić information content (AvgIpc) is 2.70. The molecule has 0 aromatic carbocycles. The maximum Gasteiger partial charge on any atom is 0.0361 e. The molecular formula is C17H35N3. The first-order valence-electron chi connectivity index (χ1n) is 8.77. The zero-order valence-electron chi connectivity index (χ0n) is 14.1. The fourth-order valence-electron chi connectivity index (χ4n) is 4.61. The SMILES string of the molecule is CCC(CC)CN(CC)C1(CN)CC2CCC(C1)N2C. The van der Waals surface area contributed by atoms with E-state index in [2.05, 4.69) is 37.6 Å². The van der Waals surface area contributed by atoms with Crippen molar-refractivity contribution in [3.05, 3.63) is 0 Å². The first-order valence-corrected chi connectivity index (χ1v) is 8.77. The van der Waals surface area contributed by atoms with E-state index in [-0.39, 0.29) is 5.54 Å². The van der Waals surface area contributed by atoms with E-state index in [1.165, 1.54) is 45.1 Å². The summed E-state index contributed by atoms with van der Waals surface area (Å²) in [6, 6.07) is 1.54. The number of hydrogen-bond donors (Lipinski definition) is 1. The summed E-state index contributed by atoms with van der Waals surface area (Å²) in [4.78, 5) is 5.36. The first kappa shape index (κ1) is 16.3. The molecule has 2 saturated heterocycles. The first-order chi connectivity index (χ1) is 9.60. The van der Waals surface area contributed by atoms with Gasteiger partial charge >= 0.3 is 0 Å². The standard InChI is InChI=1S/C17H35N3/c1-5-14(6-2)12-20(7-3)17(13-18)10-15-8-9-16(11-17)19(15)4/h14-16H,5-13,18H2,1-4H3. The normalized spacial score (nSPS) is 34.4. The number of rotatable bonds is 7. The molecule has 118 valence electrons. The molecule has 2 atom stereocenters. The molecule has 2 aliphatic rings. The Morgan fingerprint density at radius 3 is 2.10 bits per heavy atom. The second-order valence-electron chi connectivity index (χ2n) is 7.11. The van der Waals surface area contributed by atoms with E-state index in [4.69, 9.17) is 5.73 Å². The van der Waals surface area contributed by atoms with Crippen molar-refractivity contribution in [2.45, 2.75) is 76.9 Å². The van der Waals surface area contributed by atoms with Gasteiger partial charge in [0, 0.05) is 30.7 Å². The molecule has 2 rings (SSSR count). The Labute approximate surface area is 125 Å². The number of fused-ring (bicyclic) bond motifs is 2. The number of nitrogens with zero attached hydrogens (tertiary/aromatic N) is 2. The van der Waals surface area contributed by atoms with Crippen molar-refractivity contribution < 1.29 is 0 Å². The van der Waals surface area contributed by atoms with Gasteiger partial charge in [0.2, 0.25) is 0 Å². The summed E-state index contributed by atoms with van der Waals surface area (Å²) in [6.45, 7) is 10.2.